The summed E-state index contributed by atoms with van der Waals surface area (Å²) < 4.78 is 0. The topological polar surface area (TPSA) is 15.3 Å². The average molecular weight is 228 g/mol. The molecule has 2 heteroatoms. The van der Waals surface area contributed by atoms with Gasteiger partial charge in [0.2, 0.25) is 0 Å². The minimum absolute atomic E-state index is 0.374. The average Bonchev–Trinajstić information content (AvgIpc) is 2.21. The van der Waals surface area contributed by atoms with E-state index in [1.165, 1.54) is 32.5 Å². The third-order valence-electron chi connectivity index (χ3n) is 3.55. The molecule has 0 aliphatic rings. The van der Waals surface area contributed by atoms with Crippen molar-refractivity contribution in [3.05, 3.63) is 0 Å². The molecule has 0 aliphatic heterocycles. The quantitative estimate of drug-likeness (QED) is 0.642. The molecule has 0 bridgehead atoms. The van der Waals surface area contributed by atoms with Crippen LogP contribution < -0.4 is 5.32 Å². The van der Waals surface area contributed by atoms with Gasteiger partial charge in [-0.15, -0.1) is 0 Å². The van der Waals surface area contributed by atoms with Gasteiger partial charge in [0.1, 0.15) is 0 Å². The van der Waals surface area contributed by atoms with E-state index in [-0.39, 0.29) is 0 Å². The van der Waals surface area contributed by atoms with Crippen LogP contribution in [0.3, 0.4) is 0 Å². The second-order valence-corrected chi connectivity index (χ2v) is 5.78. The second-order valence-electron chi connectivity index (χ2n) is 5.78. The van der Waals surface area contributed by atoms with E-state index in [1.807, 2.05) is 0 Å². The Bertz CT molecular complexity index is 157. The van der Waals surface area contributed by atoms with Crippen molar-refractivity contribution in [3.63, 3.8) is 0 Å². The molecule has 1 N–H and O–H groups in total. The summed E-state index contributed by atoms with van der Waals surface area (Å²) in [6.07, 6.45) is 2.60. The molecule has 0 heterocycles. The first-order valence-corrected chi connectivity index (χ1v) is 6.87. The summed E-state index contributed by atoms with van der Waals surface area (Å²) in [5, 5.41) is 3.61. The lowest BCUT2D eigenvalue weighted by atomic mass is 9.88. The van der Waals surface area contributed by atoms with Gasteiger partial charge in [-0.05, 0) is 51.4 Å². The summed E-state index contributed by atoms with van der Waals surface area (Å²) in [6.45, 7) is 18.4. The maximum Gasteiger partial charge on any atom is 0.00872 e. The van der Waals surface area contributed by atoms with Crippen molar-refractivity contribution in [2.75, 3.05) is 26.2 Å². The maximum absolute atomic E-state index is 3.61. The van der Waals surface area contributed by atoms with Gasteiger partial charge in [-0.1, -0.05) is 34.6 Å². The first kappa shape index (κ1) is 15.9. The fraction of sp³-hybridized carbons (Fsp3) is 1.00. The lowest BCUT2D eigenvalue weighted by molar-refractivity contribution is 0.274. The van der Waals surface area contributed by atoms with Crippen molar-refractivity contribution in [3.8, 4) is 0 Å². The molecule has 0 spiro atoms. The third kappa shape index (κ3) is 7.24. The highest BCUT2D eigenvalue weighted by molar-refractivity contribution is 4.75. The van der Waals surface area contributed by atoms with Gasteiger partial charge in [0.15, 0.2) is 0 Å². The van der Waals surface area contributed by atoms with Gasteiger partial charge < -0.3 is 10.2 Å². The fourth-order valence-electron chi connectivity index (χ4n) is 1.62. The predicted octanol–water partition coefficient (Wildman–Crippen LogP) is 3.13. The van der Waals surface area contributed by atoms with Crippen LogP contribution in [0.1, 0.15) is 54.4 Å². The molecule has 0 aromatic heterocycles. The maximum atomic E-state index is 3.61. The van der Waals surface area contributed by atoms with E-state index >= 15 is 0 Å². The number of nitrogens with one attached hydrogen (secondary N) is 1. The minimum Gasteiger partial charge on any atom is -0.314 e. The SMILES string of the molecule is CCN(CC)CCCCNC(C)C(C)(C)C. The summed E-state index contributed by atoms with van der Waals surface area (Å²) in [5.41, 5.74) is 0.374. The second kappa shape index (κ2) is 8.08. The standard InChI is InChI=1S/C14H32N2/c1-7-16(8-2)12-10-9-11-15-13(3)14(4,5)6/h13,15H,7-12H2,1-6H3. The van der Waals surface area contributed by atoms with Gasteiger partial charge in [-0.2, -0.15) is 0 Å². The molecule has 0 radical (unpaired) electrons. The van der Waals surface area contributed by atoms with Crippen molar-refractivity contribution >= 4 is 0 Å². The van der Waals surface area contributed by atoms with Gasteiger partial charge in [0, 0.05) is 6.04 Å². The third-order valence-corrected chi connectivity index (χ3v) is 3.55. The Morgan fingerprint density at radius 1 is 1.06 bits per heavy atom. The minimum atomic E-state index is 0.374. The zero-order chi connectivity index (χ0) is 12.6. The van der Waals surface area contributed by atoms with Crippen LogP contribution in [-0.2, 0) is 0 Å². The Balaban J connectivity index is 3.47. The number of hydrogen-bond donors (Lipinski definition) is 1. The number of hydrogen-bond acceptors (Lipinski definition) is 2. The molecule has 0 saturated carbocycles. The molecule has 0 fully saturated rings. The smallest absolute Gasteiger partial charge is 0.00872 e. The summed E-state index contributed by atoms with van der Waals surface area (Å²) in [5.74, 6) is 0. The monoisotopic (exact) mass is 228 g/mol. The van der Waals surface area contributed by atoms with Crippen molar-refractivity contribution in [2.24, 2.45) is 5.41 Å². The first-order chi connectivity index (χ1) is 7.41. The summed E-state index contributed by atoms with van der Waals surface area (Å²) in [7, 11) is 0. The van der Waals surface area contributed by atoms with Gasteiger partial charge in [0.25, 0.3) is 0 Å². The fourth-order valence-corrected chi connectivity index (χ4v) is 1.62. The summed E-state index contributed by atoms with van der Waals surface area (Å²) >= 11 is 0. The zero-order valence-electron chi connectivity index (χ0n) is 12.3. The molecular weight excluding hydrogens is 196 g/mol. The molecule has 1 atom stereocenters. The molecule has 16 heavy (non-hydrogen) atoms. The van der Waals surface area contributed by atoms with Gasteiger partial charge in [-0.3, -0.25) is 0 Å². The van der Waals surface area contributed by atoms with Crippen LogP contribution in [0, 0.1) is 5.41 Å². The van der Waals surface area contributed by atoms with Crippen molar-refractivity contribution in [2.45, 2.75) is 60.4 Å². The molecule has 0 aromatic rings. The molecule has 1 unspecified atom stereocenters. The molecular formula is C14H32N2. The van der Waals surface area contributed by atoms with Crippen molar-refractivity contribution < 1.29 is 0 Å². The molecule has 0 aliphatic carbocycles. The number of unbranched alkanes of at least 4 members (excludes halogenated alkanes) is 1. The molecule has 98 valence electrons. The van der Waals surface area contributed by atoms with Crippen molar-refractivity contribution in [1.29, 1.82) is 0 Å². The Hall–Kier alpha value is -0.0800. The lowest BCUT2D eigenvalue weighted by Crippen LogP contribution is -2.38. The van der Waals surface area contributed by atoms with E-state index < -0.39 is 0 Å². The van der Waals surface area contributed by atoms with E-state index in [0.717, 1.165) is 6.54 Å². The molecule has 0 aromatic carbocycles. The predicted molar refractivity (Wildman–Crippen MR) is 73.9 cm³/mol. The first-order valence-electron chi connectivity index (χ1n) is 6.87. The van der Waals surface area contributed by atoms with Crippen LogP contribution in [-0.4, -0.2) is 37.1 Å². The van der Waals surface area contributed by atoms with Crippen LogP contribution in [0.25, 0.3) is 0 Å². The van der Waals surface area contributed by atoms with Gasteiger partial charge in [-0.25, -0.2) is 0 Å². The Morgan fingerprint density at radius 2 is 1.62 bits per heavy atom. The van der Waals surface area contributed by atoms with Gasteiger partial charge in [0.05, 0.1) is 0 Å². The molecule has 2 nitrogen and oxygen atoms in total. The van der Waals surface area contributed by atoms with E-state index in [2.05, 4.69) is 51.8 Å². The Kier molecular flexibility index (Phi) is 8.04. The molecule has 0 rings (SSSR count). The van der Waals surface area contributed by atoms with Crippen LogP contribution >= 0.6 is 0 Å². The van der Waals surface area contributed by atoms with Crippen LogP contribution in [0.2, 0.25) is 0 Å². The van der Waals surface area contributed by atoms with Crippen LogP contribution in [0.5, 0.6) is 0 Å². The highest BCUT2D eigenvalue weighted by atomic mass is 15.1. The Labute approximate surface area is 103 Å². The molecule has 0 saturated heterocycles. The van der Waals surface area contributed by atoms with Gasteiger partial charge >= 0.3 is 0 Å². The lowest BCUT2D eigenvalue weighted by Gasteiger charge is -2.28. The summed E-state index contributed by atoms with van der Waals surface area (Å²) in [4.78, 5) is 2.49. The Morgan fingerprint density at radius 3 is 2.06 bits per heavy atom. The largest absolute Gasteiger partial charge is 0.314 e. The number of rotatable bonds is 8. The number of nitrogens with zero attached hydrogens (tertiary/aromatic N) is 1. The van der Waals surface area contributed by atoms with E-state index in [1.54, 1.807) is 0 Å². The van der Waals surface area contributed by atoms with Crippen LogP contribution in [0.4, 0.5) is 0 Å². The van der Waals surface area contributed by atoms with E-state index in [9.17, 15) is 0 Å². The summed E-state index contributed by atoms with van der Waals surface area (Å²) in [6, 6.07) is 0.598. The van der Waals surface area contributed by atoms with Crippen LogP contribution in [0.15, 0.2) is 0 Å². The van der Waals surface area contributed by atoms with E-state index in [0.29, 0.717) is 11.5 Å². The van der Waals surface area contributed by atoms with E-state index in [4.69, 9.17) is 0 Å². The highest BCUT2D eigenvalue weighted by Gasteiger charge is 2.18. The molecule has 0 amide bonds. The zero-order valence-corrected chi connectivity index (χ0v) is 12.3. The highest BCUT2D eigenvalue weighted by Crippen LogP contribution is 2.18. The van der Waals surface area contributed by atoms with Crippen molar-refractivity contribution in [1.82, 2.24) is 10.2 Å². The normalized spacial score (nSPS) is 14.4.